The minimum atomic E-state index is 0.290. The van der Waals surface area contributed by atoms with E-state index in [0.29, 0.717) is 41.0 Å². The molecule has 0 unspecified atom stereocenters. The van der Waals surface area contributed by atoms with E-state index in [1.807, 2.05) is 36.4 Å². The Morgan fingerprint density at radius 3 is 2.50 bits per heavy atom. The number of rotatable bonds is 8. The summed E-state index contributed by atoms with van der Waals surface area (Å²) in [6, 6.07) is 11.9. The summed E-state index contributed by atoms with van der Waals surface area (Å²) in [7, 11) is 2.13. The highest BCUT2D eigenvalue weighted by Gasteiger charge is 2.29. The molecule has 3 heterocycles. The molecule has 34 heavy (non-hydrogen) atoms. The van der Waals surface area contributed by atoms with E-state index in [0.717, 1.165) is 54.0 Å². The van der Waals surface area contributed by atoms with Crippen molar-refractivity contribution in [1.29, 1.82) is 0 Å². The van der Waals surface area contributed by atoms with Gasteiger partial charge in [-0.2, -0.15) is 15.0 Å². The van der Waals surface area contributed by atoms with Crippen molar-refractivity contribution in [1.82, 2.24) is 24.8 Å². The van der Waals surface area contributed by atoms with Crippen LogP contribution in [0.1, 0.15) is 18.4 Å². The van der Waals surface area contributed by atoms with Gasteiger partial charge in [0.2, 0.25) is 11.9 Å². The molecule has 0 atom stereocenters. The van der Waals surface area contributed by atoms with E-state index < -0.39 is 0 Å². The largest absolute Gasteiger partial charge is 0.338 e. The minimum absolute atomic E-state index is 0.290. The van der Waals surface area contributed by atoms with Gasteiger partial charge in [-0.3, -0.25) is 4.79 Å². The van der Waals surface area contributed by atoms with Crippen LogP contribution < -0.4 is 10.2 Å². The highest BCUT2D eigenvalue weighted by atomic mass is 79.9. The van der Waals surface area contributed by atoms with Crippen LogP contribution in [0.4, 0.5) is 17.7 Å². The Labute approximate surface area is 211 Å². The first kappa shape index (κ1) is 23.2. The topological polar surface area (TPSA) is 87.1 Å². The predicted molar refractivity (Wildman–Crippen MR) is 137 cm³/mol. The number of anilines is 3. The molecule has 1 aliphatic carbocycles. The number of nitrogens with zero attached hydrogens (tertiary/aromatic N) is 6. The fraction of sp³-hybridized carbons (Fsp3) is 0.375. The van der Waals surface area contributed by atoms with Gasteiger partial charge in [-0.05, 0) is 77.4 Å². The predicted octanol–water partition coefficient (Wildman–Crippen LogP) is 4.20. The Kier molecular flexibility index (Phi) is 7.07. The minimum Gasteiger partial charge on any atom is -0.338 e. The number of halogens is 1. The van der Waals surface area contributed by atoms with Crippen LogP contribution in [-0.4, -0.2) is 63.8 Å². The number of piperazine rings is 1. The summed E-state index contributed by atoms with van der Waals surface area (Å²) in [6.45, 7) is 3.66. The molecule has 3 aromatic rings. The van der Waals surface area contributed by atoms with Crippen LogP contribution >= 0.6 is 27.7 Å². The normalized spacial score (nSPS) is 16.5. The molecule has 1 N–H and O–H groups in total. The second kappa shape index (κ2) is 10.4. The SMILES string of the molecule is CN1CCN(c2nc(Nc3ccc(Br)cn3)nc(Sc3ccc(CC(=O)C4CC4)cc3)n2)CC1. The number of carbonyl (C=O) groups excluding carboxylic acids is 1. The molecule has 0 spiro atoms. The lowest BCUT2D eigenvalue weighted by Gasteiger charge is -2.32. The highest BCUT2D eigenvalue weighted by molar-refractivity contribution is 9.10. The molecular formula is C24H26BrN7OS. The standard InChI is InChI=1S/C24H26BrN7OS/c1-31-10-12-32(13-11-31)23-28-22(27-21-9-6-18(25)15-26-21)29-24(30-23)34-19-7-2-16(3-8-19)14-20(33)17-4-5-17/h2-3,6-9,15,17H,4-5,10-14H2,1H3,(H,26,27,28,29,30). The Balaban J connectivity index is 1.35. The third kappa shape index (κ3) is 6.11. The van der Waals surface area contributed by atoms with Crippen LogP contribution in [0.2, 0.25) is 0 Å². The van der Waals surface area contributed by atoms with Crippen molar-refractivity contribution in [3.63, 3.8) is 0 Å². The van der Waals surface area contributed by atoms with Crippen molar-refractivity contribution in [2.45, 2.75) is 29.3 Å². The molecule has 1 aromatic carbocycles. The van der Waals surface area contributed by atoms with Gasteiger partial charge >= 0.3 is 0 Å². The van der Waals surface area contributed by atoms with E-state index in [1.54, 1.807) is 6.20 Å². The number of hydrogen-bond donors (Lipinski definition) is 1. The van der Waals surface area contributed by atoms with Crippen molar-refractivity contribution in [2.75, 3.05) is 43.4 Å². The summed E-state index contributed by atoms with van der Waals surface area (Å²) in [4.78, 5) is 36.1. The van der Waals surface area contributed by atoms with Crippen LogP contribution in [0.15, 0.2) is 57.1 Å². The van der Waals surface area contributed by atoms with Crippen LogP contribution in [0.25, 0.3) is 0 Å². The molecule has 176 valence electrons. The molecule has 8 nitrogen and oxygen atoms in total. The van der Waals surface area contributed by atoms with E-state index in [-0.39, 0.29) is 0 Å². The monoisotopic (exact) mass is 539 g/mol. The number of hydrogen-bond acceptors (Lipinski definition) is 9. The van der Waals surface area contributed by atoms with Gasteiger partial charge in [0.15, 0.2) is 5.16 Å². The molecule has 1 aliphatic heterocycles. The lowest BCUT2D eigenvalue weighted by Crippen LogP contribution is -2.45. The highest BCUT2D eigenvalue weighted by Crippen LogP contribution is 2.32. The molecule has 10 heteroatoms. The molecular weight excluding hydrogens is 514 g/mol. The summed E-state index contributed by atoms with van der Waals surface area (Å²) in [5.41, 5.74) is 1.05. The number of Topliss-reactive ketones (excluding diaryl/α,β-unsaturated/α-hetero) is 1. The molecule has 2 aromatic heterocycles. The number of pyridine rings is 1. The van der Waals surface area contributed by atoms with Crippen molar-refractivity contribution < 1.29 is 4.79 Å². The number of nitrogens with one attached hydrogen (secondary N) is 1. The van der Waals surface area contributed by atoms with Gasteiger partial charge in [0, 0.05) is 54.1 Å². The maximum atomic E-state index is 12.1. The molecule has 5 rings (SSSR count). The maximum absolute atomic E-state index is 12.1. The lowest BCUT2D eigenvalue weighted by atomic mass is 10.1. The number of likely N-dealkylation sites (N-methyl/N-ethyl adjacent to an activating group) is 1. The smallest absolute Gasteiger partial charge is 0.234 e. The summed E-state index contributed by atoms with van der Waals surface area (Å²) >= 11 is 4.90. The van der Waals surface area contributed by atoms with E-state index in [9.17, 15) is 4.79 Å². The zero-order valence-corrected chi connectivity index (χ0v) is 21.3. The van der Waals surface area contributed by atoms with Crippen molar-refractivity contribution in [3.8, 4) is 0 Å². The molecule has 2 fully saturated rings. The van der Waals surface area contributed by atoms with Gasteiger partial charge < -0.3 is 15.1 Å². The number of ketones is 1. The Morgan fingerprint density at radius 2 is 1.82 bits per heavy atom. The number of benzene rings is 1. The van der Waals surface area contributed by atoms with Crippen molar-refractivity contribution >= 4 is 51.2 Å². The molecule has 1 saturated carbocycles. The first-order valence-corrected chi connectivity index (χ1v) is 13.0. The molecule has 1 saturated heterocycles. The first-order valence-electron chi connectivity index (χ1n) is 11.4. The summed E-state index contributed by atoms with van der Waals surface area (Å²) in [5, 5.41) is 3.83. The maximum Gasteiger partial charge on any atom is 0.234 e. The summed E-state index contributed by atoms with van der Waals surface area (Å²) in [5.74, 6) is 2.44. The zero-order chi connectivity index (χ0) is 23.5. The number of carbonyl (C=O) groups is 1. The van der Waals surface area contributed by atoms with Gasteiger partial charge in [-0.25, -0.2) is 4.98 Å². The van der Waals surface area contributed by atoms with Gasteiger partial charge in [-0.15, -0.1) is 0 Å². The molecule has 0 amide bonds. The van der Waals surface area contributed by atoms with E-state index in [1.165, 1.54) is 11.8 Å². The third-order valence-corrected chi connectivity index (χ3v) is 7.24. The first-order chi connectivity index (χ1) is 16.5. The van der Waals surface area contributed by atoms with E-state index >= 15 is 0 Å². The van der Waals surface area contributed by atoms with Crippen molar-refractivity contribution in [3.05, 3.63) is 52.6 Å². The summed E-state index contributed by atoms with van der Waals surface area (Å²) < 4.78 is 0.908. The van der Waals surface area contributed by atoms with Crippen LogP contribution in [0.3, 0.4) is 0 Å². The van der Waals surface area contributed by atoms with Gasteiger partial charge in [0.25, 0.3) is 0 Å². The fourth-order valence-electron chi connectivity index (χ4n) is 3.69. The van der Waals surface area contributed by atoms with E-state index in [2.05, 4.69) is 53.0 Å². The molecule has 2 aliphatic rings. The quantitative estimate of drug-likeness (QED) is 0.452. The van der Waals surface area contributed by atoms with Gasteiger partial charge in [-0.1, -0.05) is 12.1 Å². The van der Waals surface area contributed by atoms with Crippen LogP contribution in [-0.2, 0) is 11.2 Å². The van der Waals surface area contributed by atoms with Crippen LogP contribution in [0.5, 0.6) is 0 Å². The average molecular weight is 540 g/mol. The third-order valence-electron chi connectivity index (χ3n) is 5.90. The number of aromatic nitrogens is 4. The average Bonchev–Trinajstić information content (AvgIpc) is 3.68. The van der Waals surface area contributed by atoms with Crippen molar-refractivity contribution in [2.24, 2.45) is 5.92 Å². The second-order valence-electron chi connectivity index (χ2n) is 8.68. The Morgan fingerprint density at radius 1 is 1.06 bits per heavy atom. The van der Waals surface area contributed by atoms with Crippen LogP contribution in [0, 0.1) is 5.92 Å². The fourth-order valence-corrected chi connectivity index (χ4v) is 4.67. The van der Waals surface area contributed by atoms with E-state index in [4.69, 9.17) is 4.98 Å². The lowest BCUT2D eigenvalue weighted by molar-refractivity contribution is -0.119. The zero-order valence-electron chi connectivity index (χ0n) is 18.9. The second-order valence-corrected chi connectivity index (χ2v) is 10.6. The molecule has 0 bridgehead atoms. The van der Waals surface area contributed by atoms with Gasteiger partial charge in [0.1, 0.15) is 11.6 Å². The molecule has 0 radical (unpaired) electrons. The Hall–Kier alpha value is -2.56. The Bertz CT molecular complexity index is 1150. The summed E-state index contributed by atoms with van der Waals surface area (Å²) in [6.07, 6.45) is 4.35. The van der Waals surface area contributed by atoms with Gasteiger partial charge in [0.05, 0.1) is 0 Å².